The molecule has 2 rings (SSSR count). The molecule has 1 saturated carbocycles. The van der Waals surface area contributed by atoms with E-state index >= 15 is 0 Å². The molecule has 1 aliphatic rings. The molecule has 19 heavy (non-hydrogen) atoms. The van der Waals surface area contributed by atoms with E-state index in [0.29, 0.717) is 0 Å². The molecule has 0 saturated heterocycles. The number of likely N-dealkylation sites (N-methyl/N-ethyl adjacent to an activating group) is 1. The molecule has 0 aromatic heterocycles. The highest BCUT2D eigenvalue weighted by atomic mass is 16.5. The van der Waals surface area contributed by atoms with E-state index in [9.17, 15) is 0 Å². The Morgan fingerprint density at radius 3 is 2.79 bits per heavy atom. The molecule has 0 radical (unpaired) electrons. The Kier molecular flexibility index (Phi) is 5.67. The predicted molar refractivity (Wildman–Crippen MR) is 79.6 cm³/mol. The molecule has 0 bridgehead atoms. The number of rotatable bonds is 8. The molecule has 3 nitrogen and oxygen atoms in total. The van der Waals surface area contributed by atoms with Crippen LogP contribution in [0.15, 0.2) is 24.3 Å². The highest BCUT2D eigenvalue weighted by molar-refractivity contribution is 5.33. The average Bonchev–Trinajstić information content (AvgIpc) is 2.35. The molecule has 1 fully saturated rings. The van der Waals surface area contributed by atoms with Gasteiger partial charge < -0.3 is 15.0 Å². The van der Waals surface area contributed by atoms with Gasteiger partial charge in [-0.3, -0.25) is 0 Å². The van der Waals surface area contributed by atoms with Crippen LogP contribution in [0.1, 0.15) is 31.7 Å². The van der Waals surface area contributed by atoms with Crippen molar-refractivity contribution in [1.82, 2.24) is 10.2 Å². The number of nitrogens with zero attached hydrogens (tertiary/aromatic N) is 1. The van der Waals surface area contributed by atoms with Crippen molar-refractivity contribution in [2.75, 3.05) is 26.7 Å². The van der Waals surface area contributed by atoms with E-state index in [4.69, 9.17) is 4.74 Å². The van der Waals surface area contributed by atoms with Crippen LogP contribution < -0.4 is 10.1 Å². The fourth-order valence-electron chi connectivity index (χ4n) is 2.36. The lowest BCUT2D eigenvalue weighted by Gasteiger charge is -2.34. The number of ether oxygens (including phenoxy) is 1. The zero-order valence-corrected chi connectivity index (χ0v) is 12.2. The van der Waals surface area contributed by atoms with Crippen molar-refractivity contribution in [1.29, 1.82) is 0 Å². The average molecular weight is 262 g/mol. The highest BCUT2D eigenvalue weighted by Crippen LogP contribution is 2.23. The van der Waals surface area contributed by atoms with Crippen LogP contribution >= 0.6 is 0 Å². The van der Waals surface area contributed by atoms with Gasteiger partial charge in [-0.1, -0.05) is 31.5 Å². The van der Waals surface area contributed by atoms with Crippen LogP contribution in [0, 0.1) is 0 Å². The molecule has 1 N–H and O–H groups in total. The minimum atomic E-state index is 0.774. The monoisotopic (exact) mass is 262 g/mol. The van der Waals surface area contributed by atoms with Crippen molar-refractivity contribution in [3.05, 3.63) is 29.8 Å². The van der Waals surface area contributed by atoms with Gasteiger partial charge in [-0.05, 0) is 32.5 Å². The molecule has 0 amide bonds. The standard InChI is InChI=1S/C16H26N2O/c1-3-17-13-14-7-4-5-10-16(14)19-12-11-18(2)15-8-6-9-15/h4-5,7,10,15,17H,3,6,8-9,11-13H2,1-2H3. The van der Waals surface area contributed by atoms with Gasteiger partial charge in [0.05, 0.1) is 0 Å². The second kappa shape index (κ2) is 7.51. The topological polar surface area (TPSA) is 24.5 Å². The minimum Gasteiger partial charge on any atom is -0.492 e. The molecule has 3 heteroatoms. The quantitative estimate of drug-likeness (QED) is 0.779. The lowest BCUT2D eigenvalue weighted by Crippen LogP contribution is -2.39. The van der Waals surface area contributed by atoms with E-state index in [1.807, 2.05) is 6.07 Å². The molecular formula is C16H26N2O. The first-order chi connectivity index (χ1) is 9.31. The number of hydrogen-bond acceptors (Lipinski definition) is 3. The number of hydrogen-bond donors (Lipinski definition) is 1. The fourth-order valence-corrected chi connectivity index (χ4v) is 2.36. The van der Waals surface area contributed by atoms with Crippen molar-refractivity contribution in [3.8, 4) is 5.75 Å². The first-order valence-corrected chi connectivity index (χ1v) is 7.43. The van der Waals surface area contributed by atoms with E-state index in [2.05, 4.69) is 42.4 Å². The Morgan fingerprint density at radius 1 is 1.32 bits per heavy atom. The zero-order chi connectivity index (χ0) is 13.5. The van der Waals surface area contributed by atoms with E-state index in [0.717, 1.165) is 38.0 Å². The summed E-state index contributed by atoms with van der Waals surface area (Å²) in [6, 6.07) is 9.10. The Balaban J connectivity index is 1.77. The van der Waals surface area contributed by atoms with Gasteiger partial charge in [-0.15, -0.1) is 0 Å². The summed E-state index contributed by atoms with van der Waals surface area (Å²) < 4.78 is 5.94. The third kappa shape index (κ3) is 4.22. The Labute approximate surface area is 116 Å². The molecule has 1 aromatic carbocycles. The van der Waals surface area contributed by atoms with Gasteiger partial charge in [0.1, 0.15) is 12.4 Å². The van der Waals surface area contributed by atoms with E-state index < -0.39 is 0 Å². The second-order valence-corrected chi connectivity index (χ2v) is 5.30. The van der Waals surface area contributed by atoms with Crippen molar-refractivity contribution >= 4 is 0 Å². The molecule has 106 valence electrons. The normalized spacial score (nSPS) is 15.5. The lowest BCUT2D eigenvalue weighted by atomic mass is 9.92. The van der Waals surface area contributed by atoms with Crippen LogP contribution in [-0.2, 0) is 6.54 Å². The van der Waals surface area contributed by atoms with Gasteiger partial charge >= 0.3 is 0 Å². The van der Waals surface area contributed by atoms with Crippen molar-refractivity contribution in [2.45, 2.75) is 38.8 Å². The maximum absolute atomic E-state index is 5.94. The zero-order valence-electron chi connectivity index (χ0n) is 12.2. The van der Waals surface area contributed by atoms with Crippen LogP contribution in [0.2, 0.25) is 0 Å². The van der Waals surface area contributed by atoms with Crippen molar-refractivity contribution < 1.29 is 4.74 Å². The van der Waals surface area contributed by atoms with Gasteiger partial charge in [0.15, 0.2) is 0 Å². The minimum absolute atomic E-state index is 0.774. The van der Waals surface area contributed by atoms with Gasteiger partial charge in [-0.25, -0.2) is 0 Å². The summed E-state index contributed by atoms with van der Waals surface area (Å²) in [5.41, 5.74) is 1.25. The summed E-state index contributed by atoms with van der Waals surface area (Å²) in [6.45, 7) is 5.78. The van der Waals surface area contributed by atoms with E-state index in [1.54, 1.807) is 0 Å². The van der Waals surface area contributed by atoms with E-state index in [1.165, 1.54) is 24.8 Å². The highest BCUT2D eigenvalue weighted by Gasteiger charge is 2.21. The van der Waals surface area contributed by atoms with Crippen LogP contribution in [-0.4, -0.2) is 37.7 Å². The SMILES string of the molecule is CCNCc1ccccc1OCCN(C)C1CCC1. The smallest absolute Gasteiger partial charge is 0.123 e. The number of benzene rings is 1. The van der Waals surface area contributed by atoms with Crippen LogP contribution in [0.5, 0.6) is 5.75 Å². The summed E-state index contributed by atoms with van der Waals surface area (Å²) in [6.07, 6.45) is 4.10. The summed E-state index contributed by atoms with van der Waals surface area (Å²) in [5, 5.41) is 3.35. The molecule has 0 aliphatic heterocycles. The van der Waals surface area contributed by atoms with Crippen molar-refractivity contribution in [2.24, 2.45) is 0 Å². The largest absolute Gasteiger partial charge is 0.492 e. The fraction of sp³-hybridized carbons (Fsp3) is 0.625. The summed E-state index contributed by atoms with van der Waals surface area (Å²) in [5.74, 6) is 1.02. The lowest BCUT2D eigenvalue weighted by molar-refractivity contribution is 0.135. The first kappa shape index (κ1) is 14.4. The molecule has 1 aliphatic carbocycles. The van der Waals surface area contributed by atoms with Gasteiger partial charge in [0.25, 0.3) is 0 Å². The predicted octanol–water partition coefficient (Wildman–Crippen LogP) is 2.66. The Bertz CT molecular complexity index is 377. The molecular weight excluding hydrogens is 236 g/mol. The molecule has 0 spiro atoms. The van der Waals surface area contributed by atoms with E-state index in [-0.39, 0.29) is 0 Å². The Morgan fingerprint density at radius 2 is 2.11 bits per heavy atom. The maximum atomic E-state index is 5.94. The van der Waals surface area contributed by atoms with Gasteiger partial charge in [0.2, 0.25) is 0 Å². The number of para-hydroxylation sites is 1. The molecule has 0 atom stereocenters. The van der Waals surface area contributed by atoms with Crippen LogP contribution in [0.4, 0.5) is 0 Å². The van der Waals surface area contributed by atoms with Crippen LogP contribution in [0.3, 0.4) is 0 Å². The summed E-state index contributed by atoms with van der Waals surface area (Å²) in [4.78, 5) is 2.43. The van der Waals surface area contributed by atoms with Gasteiger partial charge in [-0.2, -0.15) is 0 Å². The third-order valence-electron chi connectivity index (χ3n) is 3.94. The third-order valence-corrected chi connectivity index (χ3v) is 3.94. The molecule has 0 unspecified atom stereocenters. The van der Waals surface area contributed by atoms with Crippen molar-refractivity contribution in [3.63, 3.8) is 0 Å². The molecule has 1 aromatic rings. The summed E-state index contributed by atoms with van der Waals surface area (Å²) >= 11 is 0. The van der Waals surface area contributed by atoms with Crippen LogP contribution in [0.25, 0.3) is 0 Å². The number of nitrogens with one attached hydrogen (secondary N) is 1. The summed E-state index contributed by atoms with van der Waals surface area (Å²) in [7, 11) is 2.21. The maximum Gasteiger partial charge on any atom is 0.123 e. The van der Waals surface area contributed by atoms with Gasteiger partial charge in [0, 0.05) is 24.7 Å². The molecule has 0 heterocycles. The Hall–Kier alpha value is -1.06. The second-order valence-electron chi connectivity index (χ2n) is 5.30. The first-order valence-electron chi connectivity index (χ1n) is 7.43.